The number of carbonyl (C=O) groups excluding carboxylic acids is 1. The second-order valence-corrected chi connectivity index (χ2v) is 7.58. The van der Waals surface area contributed by atoms with Crippen LogP contribution in [0.25, 0.3) is 11.0 Å². The van der Waals surface area contributed by atoms with Gasteiger partial charge in [0.05, 0.1) is 11.0 Å². The summed E-state index contributed by atoms with van der Waals surface area (Å²) in [6, 6.07) is 14.2. The van der Waals surface area contributed by atoms with Gasteiger partial charge in [0.15, 0.2) is 0 Å². The molecule has 4 rings (SSSR count). The Bertz CT molecular complexity index is 962. The molecule has 3 aromatic rings. The lowest BCUT2D eigenvalue weighted by Crippen LogP contribution is -2.31. The smallest absolute Gasteiger partial charge is 0.251 e. The van der Waals surface area contributed by atoms with Gasteiger partial charge >= 0.3 is 0 Å². The Morgan fingerprint density at radius 3 is 2.96 bits per heavy atom. The van der Waals surface area contributed by atoms with Gasteiger partial charge in [0.1, 0.15) is 5.82 Å². The highest BCUT2D eigenvalue weighted by Crippen LogP contribution is 2.20. The van der Waals surface area contributed by atoms with E-state index in [0.717, 1.165) is 49.5 Å². The molecule has 140 valence electrons. The van der Waals surface area contributed by atoms with Gasteiger partial charge < -0.3 is 10.3 Å². The zero-order valence-corrected chi connectivity index (χ0v) is 16.0. The van der Waals surface area contributed by atoms with Crippen LogP contribution in [0, 0.1) is 19.8 Å². The van der Waals surface area contributed by atoms with Crippen LogP contribution in [0.5, 0.6) is 0 Å². The van der Waals surface area contributed by atoms with Gasteiger partial charge in [-0.2, -0.15) is 0 Å². The van der Waals surface area contributed by atoms with Crippen LogP contribution in [0.3, 0.4) is 0 Å². The lowest BCUT2D eigenvalue weighted by Gasteiger charge is -2.17. The SMILES string of the molecule is Cc1nc2ccc(C(=O)NC[C@@H]3CCN(Cc4ccccc4C)C3)cc2[nH]1. The summed E-state index contributed by atoms with van der Waals surface area (Å²) in [6.45, 7) is 7.93. The molecule has 1 amide bonds. The first-order valence-corrected chi connectivity index (χ1v) is 9.60. The second-order valence-electron chi connectivity index (χ2n) is 7.58. The number of nitrogens with zero attached hydrogens (tertiary/aromatic N) is 2. The highest BCUT2D eigenvalue weighted by Gasteiger charge is 2.23. The second kappa shape index (κ2) is 7.53. The summed E-state index contributed by atoms with van der Waals surface area (Å²) in [5.41, 5.74) is 5.22. The minimum atomic E-state index is -0.0125. The number of hydrogen-bond acceptors (Lipinski definition) is 3. The number of rotatable bonds is 5. The van der Waals surface area contributed by atoms with Crippen molar-refractivity contribution in [1.82, 2.24) is 20.2 Å². The van der Waals surface area contributed by atoms with E-state index >= 15 is 0 Å². The zero-order chi connectivity index (χ0) is 18.8. The standard InChI is InChI=1S/C22H26N4O/c1-15-5-3-4-6-19(15)14-26-10-9-17(13-26)12-23-22(27)18-7-8-20-21(11-18)25-16(2)24-20/h3-8,11,17H,9-10,12-14H2,1-2H3,(H,23,27)(H,24,25)/t17-/m0/s1. The van der Waals surface area contributed by atoms with E-state index in [1.165, 1.54) is 11.1 Å². The molecular weight excluding hydrogens is 336 g/mol. The van der Waals surface area contributed by atoms with Crippen molar-refractivity contribution in [2.24, 2.45) is 5.92 Å². The fourth-order valence-electron chi connectivity index (χ4n) is 3.87. The fourth-order valence-corrected chi connectivity index (χ4v) is 3.87. The Morgan fingerprint density at radius 1 is 1.26 bits per heavy atom. The molecule has 0 unspecified atom stereocenters. The molecule has 1 aliphatic rings. The number of benzene rings is 2. The maximum absolute atomic E-state index is 12.5. The van der Waals surface area contributed by atoms with Crippen molar-refractivity contribution in [1.29, 1.82) is 0 Å². The van der Waals surface area contributed by atoms with Crippen LogP contribution in [-0.4, -0.2) is 40.4 Å². The molecule has 0 aliphatic carbocycles. The number of aryl methyl sites for hydroxylation is 2. The largest absolute Gasteiger partial charge is 0.352 e. The predicted octanol–water partition coefficient (Wildman–Crippen LogP) is 3.43. The highest BCUT2D eigenvalue weighted by atomic mass is 16.1. The maximum atomic E-state index is 12.5. The van der Waals surface area contributed by atoms with E-state index in [4.69, 9.17) is 0 Å². The van der Waals surface area contributed by atoms with Gasteiger partial charge in [-0.3, -0.25) is 9.69 Å². The Balaban J connectivity index is 1.31. The molecule has 1 saturated heterocycles. The summed E-state index contributed by atoms with van der Waals surface area (Å²) in [5.74, 6) is 1.36. The molecule has 1 aliphatic heterocycles. The fraction of sp³-hybridized carbons (Fsp3) is 0.364. The molecule has 1 aromatic heterocycles. The van der Waals surface area contributed by atoms with Crippen LogP contribution in [0.15, 0.2) is 42.5 Å². The molecule has 2 N–H and O–H groups in total. The van der Waals surface area contributed by atoms with E-state index in [2.05, 4.69) is 51.4 Å². The van der Waals surface area contributed by atoms with Crippen molar-refractivity contribution in [3.05, 3.63) is 65.0 Å². The topological polar surface area (TPSA) is 61.0 Å². The van der Waals surface area contributed by atoms with Gasteiger partial charge in [0, 0.05) is 25.2 Å². The average molecular weight is 362 g/mol. The predicted molar refractivity (Wildman–Crippen MR) is 108 cm³/mol. The van der Waals surface area contributed by atoms with E-state index < -0.39 is 0 Å². The quantitative estimate of drug-likeness (QED) is 0.731. The third-order valence-corrected chi connectivity index (χ3v) is 5.44. The Hall–Kier alpha value is -2.66. The first-order valence-electron chi connectivity index (χ1n) is 9.60. The summed E-state index contributed by atoms with van der Waals surface area (Å²) in [7, 11) is 0. The number of H-pyrrole nitrogens is 1. The summed E-state index contributed by atoms with van der Waals surface area (Å²) >= 11 is 0. The Morgan fingerprint density at radius 2 is 2.11 bits per heavy atom. The van der Waals surface area contributed by atoms with E-state index in [0.29, 0.717) is 11.5 Å². The van der Waals surface area contributed by atoms with Crippen LogP contribution in [0.2, 0.25) is 0 Å². The van der Waals surface area contributed by atoms with E-state index in [9.17, 15) is 4.79 Å². The van der Waals surface area contributed by atoms with Gasteiger partial charge in [0.25, 0.3) is 5.91 Å². The van der Waals surface area contributed by atoms with Crippen molar-refractivity contribution in [2.75, 3.05) is 19.6 Å². The third kappa shape index (κ3) is 4.03. The summed E-state index contributed by atoms with van der Waals surface area (Å²) in [4.78, 5) is 22.6. The van der Waals surface area contributed by atoms with Gasteiger partial charge in [-0.05, 0) is 62.1 Å². The molecule has 0 saturated carbocycles. The maximum Gasteiger partial charge on any atom is 0.251 e. The van der Waals surface area contributed by atoms with E-state index in [1.54, 1.807) is 0 Å². The van der Waals surface area contributed by atoms with Gasteiger partial charge in [-0.15, -0.1) is 0 Å². The van der Waals surface area contributed by atoms with Crippen molar-refractivity contribution < 1.29 is 4.79 Å². The number of aromatic nitrogens is 2. The minimum absolute atomic E-state index is 0.0125. The number of fused-ring (bicyclic) bond motifs is 1. The van der Waals surface area contributed by atoms with E-state index in [1.807, 2.05) is 25.1 Å². The molecule has 2 aromatic carbocycles. The van der Waals surface area contributed by atoms with Crippen LogP contribution in [0.4, 0.5) is 0 Å². The van der Waals surface area contributed by atoms with Crippen LogP contribution in [0.1, 0.15) is 33.7 Å². The van der Waals surface area contributed by atoms with Gasteiger partial charge in [-0.25, -0.2) is 4.98 Å². The zero-order valence-electron chi connectivity index (χ0n) is 16.0. The number of nitrogens with one attached hydrogen (secondary N) is 2. The highest BCUT2D eigenvalue weighted by molar-refractivity contribution is 5.97. The number of carbonyl (C=O) groups is 1. The molecule has 1 fully saturated rings. The van der Waals surface area contributed by atoms with Gasteiger partial charge in [-0.1, -0.05) is 24.3 Å². The van der Waals surface area contributed by atoms with Crippen LogP contribution >= 0.6 is 0 Å². The normalized spacial score (nSPS) is 17.5. The molecule has 1 atom stereocenters. The third-order valence-electron chi connectivity index (χ3n) is 5.44. The van der Waals surface area contributed by atoms with Crippen molar-refractivity contribution in [3.63, 3.8) is 0 Å². The number of hydrogen-bond donors (Lipinski definition) is 2. The molecule has 5 heteroatoms. The lowest BCUT2D eigenvalue weighted by molar-refractivity contribution is 0.0947. The van der Waals surface area contributed by atoms with Crippen LogP contribution < -0.4 is 5.32 Å². The number of imidazole rings is 1. The van der Waals surface area contributed by atoms with Crippen molar-refractivity contribution >= 4 is 16.9 Å². The van der Waals surface area contributed by atoms with Gasteiger partial charge in [0.2, 0.25) is 0 Å². The Kier molecular flexibility index (Phi) is 4.94. The summed E-state index contributed by atoms with van der Waals surface area (Å²) < 4.78 is 0. The molecule has 0 spiro atoms. The minimum Gasteiger partial charge on any atom is -0.352 e. The molecule has 0 bridgehead atoms. The number of aromatic amines is 1. The monoisotopic (exact) mass is 362 g/mol. The summed E-state index contributed by atoms with van der Waals surface area (Å²) in [6.07, 6.45) is 1.13. The first kappa shape index (κ1) is 17.7. The van der Waals surface area contributed by atoms with E-state index in [-0.39, 0.29) is 5.91 Å². The van der Waals surface area contributed by atoms with Crippen molar-refractivity contribution in [3.8, 4) is 0 Å². The number of likely N-dealkylation sites (tertiary alicyclic amines) is 1. The number of amides is 1. The summed E-state index contributed by atoms with van der Waals surface area (Å²) in [5, 5.41) is 3.11. The molecule has 0 radical (unpaired) electrons. The molecule has 2 heterocycles. The van der Waals surface area contributed by atoms with Crippen molar-refractivity contribution in [2.45, 2.75) is 26.8 Å². The Labute approximate surface area is 159 Å². The molecule has 5 nitrogen and oxygen atoms in total. The molecule has 27 heavy (non-hydrogen) atoms. The lowest BCUT2D eigenvalue weighted by atomic mass is 10.1. The first-order chi connectivity index (χ1) is 13.1. The molecular formula is C22H26N4O. The average Bonchev–Trinajstić information content (AvgIpc) is 3.26. The van der Waals surface area contributed by atoms with Crippen LogP contribution in [-0.2, 0) is 6.54 Å².